The molecule has 118 valence electrons. The summed E-state index contributed by atoms with van der Waals surface area (Å²) in [4.78, 5) is 17.8. The number of hydrogen-bond acceptors (Lipinski definition) is 5. The second kappa shape index (κ2) is 7.77. The van der Waals surface area contributed by atoms with E-state index >= 15 is 0 Å². The number of carbonyl (C=O) groups excluding carboxylic acids is 1. The van der Waals surface area contributed by atoms with Crippen molar-refractivity contribution in [3.8, 4) is 11.3 Å². The Balaban J connectivity index is 1.52. The number of aromatic nitrogens is 1. The van der Waals surface area contributed by atoms with Gasteiger partial charge in [0.1, 0.15) is 0 Å². The van der Waals surface area contributed by atoms with Gasteiger partial charge in [-0.15, -0.1) is 22.7 Å². The van der Waals surface area contributed by atoms with E-state index in [1.807, 2.05) is 60.1 Å². The Hall–Kier alpha value is -1.63. The maximum Gasteiger partial charge on any atom is 0.230 e. The van der Waals surface area contributed by atoms with Crippen LogP contribution < -0.4 is 5.32 Å². The van der Waals surface area contributed by atoms with E-state index in [4.69, 9.17) is 0 Å². The predicted molar refractivity (Wildman–Crippen MR) is 99.2 cm³/mol. The summed E-state index contributed by atoms with van der Waals surface area (Å²) in [7, 11) is 0. The van der Waals surface area contributed by atoms with Gasteiger partial charge in [0.2, 0.25) is 5.91 Å². The van der Waals surface area contributed by atoms with E-state index in [2.05, 4.69) is 10.3 Å². The molecule has 0 saturated carbocycles. The largest absolute Gasteiger partial charge is 0.348 e. The first kappa shape index (κ1) is 16.2. The number of thiazole rings is 1. The molecule has 1 aromatic carbocycles. The molecule has 3 aromatic rings. The van der Waals surface area contributed by atoms with E-state index in [0.29, 0.717) is 5.75 Å². The number of benzene rings is 1. The number of thiophene rings is 1. The summed E-state index contributed by atoms with van der Waals surface area (Å²) < 4.78 is 0.919. The number of amides is 1. The van der Waals surface area contributed by atoms with Crippen molar-refractivity contribution in [2.24, 2.45) is 0 Å². The van der Waals surface area contributed by atoms with Crippen molar-refractivity contribution < 1.29 is 4.79 Å². The Morgan fingerprint density at radius 1 is 1.22 bits per heavy atom. The topological polar surface area (TPSA) is 42.0 Å². The average Bonchev–Trinajstić information content (AvgIpc) is 3.25. The van der Waals surface area contributed by atoms with Crippen LogP contribution in [0.1, 0.15) is 17.8 Å². The van der Waals surface area contributed by atoms with Gasteiger partial charge in [0.05, 0.1) is 17.5 Å². The highest BCUT2D eigenvalue weighted by molar-refractivity contribution is 8.01. The quantitative estimate of drug-likeness (QED) is 0.640. The van der Waals surface area contributed by atoms with Crippen molar-refractivity contribution in [2.45, 2.75) is 17.3 Å². The lowest BCUT2D eigenvalue weighted by atomic mass is 10.2. The molecule has 1 N–H and O–H groups in total. The van der Waals surface area contributed by atoms with Crippen LogP contribution in [0.4, 0.5) is 0 Å². The summed E-state index contributed by atoms with van der Waals surface area (Å²) in [5, 5.41) is 7.07. The third-order valence-electron chi connectivity index (χ3n) is 3.23. The lowest BCUT2D eigenvalue weighted by molar-refractivity contribution is -0.119. The normalized spacial score (nSPS) is 12.0. The highest BCUT2D eigenvalue weighted by atomic mass is 32.2. The molecule has 0 spiro atoms. The van der Waals surface area contributed by atoms with E-state index in [1.54, 1.807) is 22.7 Å². The fraction of sp³-hybridized carbons (Fsp3) is 0.176. The van der Waals surface area contributed by atoms with Gasteiger partial charge in [-0.1, -0.05) is 48.2 Å². The van der Waals surface area contributed by atoms with E-state index in [1.165, 1.54) is 16.6 Å². The smallest absolute Gasteiger partial charge is 0.230 e. The Labute approximate surface area is 147 Å². The first-order chi connectivity index (χ1) is 11.2. The number of nitrogens with one attached hydrogen (secondary N) is 1. The molecule has 3 nitrogen and oxygen atoms in total. The van der Waals surface area contributed by atoms with Gasteiger partial charge >= 0.3 is 0 Å². The first-order valence-electron chi connectivity index (χ1n) is 7.19. The Bertz CT molecular complexity index is 753. The molecular weight excluding hydrogens is 344 g/mol. The van der Waals surface area contributed by atoms with E-state index in [-0.39, 0.29) is 11.9 Å². The van der Waals surface area contributed by atoms with Crippen LogP contribution in [0, 0.1) is 0 Å². The molecular formula is C17H16N2OS3. The molecule has 0 radical (unpaired) electrons. The number of hydrogen-bond donors (Lipinski definition) is 1. The Morgan fingerprint density at radius 2 is 2.04 bits per heavy atom. The summed E-state index contributed by atoms with van der Waals surface area (Å²) >= 11 is 4.72. The van der Waals surface area contributed by atoms with Crippen molar-refractivity contribution >= 4 is 40.3 Å². The monoisotopic (exact) mass is 360 g/mol. The van der Waals surface area contributed by atoms with E-state index in [9.17, 15) is 4.79 Å². The van der Waals surface area contributed by atoms with Crippen LogP contribution in [0.25, 0.3) is 11.3 Å². The fourth-order valence-electron chi connectivity index (χ4n) is 2.08. The van der Waals surface area contributed by atoms with Crippen LogP contribution in [-0.4, -0.2) is 16.6 Å². The van der Waals surface area contributed by atoms with Crippen LogP contribution in [0.3, 0.4) is 0 Å². The molecule has 1 atom stereocenters. The van der Waals surface area contributed by atoms with E-state index in [0.717, 1.165) is 15.6 Å². The minimum atomic E-state index is 0.0346. The van der Waals surface area contributed by atoms with Crippen LogP contribution in [0.5, 0.6) is 0 Å². The molecule has 1 amide bonds. The molecule has 0 bridgehead atoms. The van der Waals surface area contributed by atoms with Crippen molar-refractivity contribution in [1.29, 1.82) is 0 Å². The number of carbonyl (C=O) groups is 1. The maximum absolute atomic E-state index is 12.0. The number of thioether (sulfide) groups is 1. The number of nitrogens with zero attached hydrogens (tertiary/aromatic N) is 1. The van der Waals surface area contributed by atoms with Crippen LogP contribution in [-0.2, 0) is 4.79 Å². The minimum absolute atomic E-state index is 0.0346. The Kier molecular flexibility index (Phi) is 5.48. The molecule has 0 unspecified atom stereocenters. The third-order valence-corrected chi connectivity index (χ3v) is 6.30. The average molecular weight is 361 g/mol. The van der Waals surface area contributed by atoms with Gasteiger partial charge in [0.25, 0.3) is 0 Å². The van der Waals surface area contributed by atoms with Gasteiger partial charge in [-0.05, 0) is 18.4 Å². The van der Waals surface area contributed by atoms with Crippen molar-refractivity contribution in [3.63, 3.8) is 0 Å². The zero-order valence-corrected chi connectivity index (χ0v) is 15.0. The van der Waals surface area contributed by atoms with Crippen LogP contribution in [0.15, 0.2) is 57.6 Å². The lowest BCUT2D eigenvalue weighted by Crippen LogP contribution is -2.27. The summed E-state index contributed by atoms with van der Waals surface area (Å²) in [6.07, 6.45) is 0. The third kappa shape index (κ3) is 4.43. The molecule has 23 heavy (non-hydrogen) atoms. The van der Waals surface area contributed by atoms with Crippen LogP contribution >= 0.6 is 34.4 Å². The molecule has 2 heterocycles. The number of rotatable bonds is 6. The predicted octanol–water partition coefficient (Wildman–Crippen LogP) is 4.84. The molecule has 2 aromatic heterocycles. The summed E-state index contributed by atoms with van der Waals surface area (Å²) in [6.45, 7) is 2.01. The summed E-state index contributed by atoms with van der Waals surface area (Å²) in [5.74, 6) is 0.421. The second-order valence-corrected chi connectivity index (χ2v) is 8.02. The highest BCUT2D eigenvalue weighted by Gasteiger charge is 2.12. The van der Waals surface area contributed by atoms with Crippen LogP contribution in [0.2, 0.25) is 0 Å². The fourth-order valence-corrected chi connectivity index (χ4v) is 4.47. The molecule has 6 heteroatoms. The molecule has 0 fully saturated rings. The van der Waals surface area contributed by atoms with Gasteiger partial charge < -0.3 is 5.32 Å². The molecule has 0 aliphatic rings. The zero-order chi connectivity index (χ0) is 16.1. The standard InChI is InChI=1S/C17H16N2OS3/c1-12(15-8-5-9-21-15)18-16(20)11-23-17-19-14(10-22-17)13-6-3-2-4-7-13/h2-10,12H,11H2,1H3,(H,18,20)/t12-/m0/s1. The minimum Gasteiger partial charge on any atom is -0.348 e. The van der Waals surface area contributed by atoms with Crippen molar-refractivity contribution in [3.05, 3.63) is 58.1 Å². The lowest BCUT2D eigenvalue weighted by Gasteiger charge is -2.11. The van der Waals surface area contributed by atoms with E-state index < -0.39 is 0 Å². The highest BCUT2D eigenvalue weighted by Crippen LogP contribution is 2.28. The second-order valence-electron chi connectivity index (χ2n) is 4.96. The maximum atomic E-state index is 12.0. The van der Waals surface area contributed by atoms with Gasteiger partial charge in [0, 0.05) is 15.8 Å². The van der Waals surface area contributed by atoms with Gasteiger partial charge in [0.15, 0.2) is 4.34 Å². The molecule has 0 aliphatic heterocycles. The molecule has 3 rings (SSSR count). The van der Waals surface area contributed by atoms with Gasteiger partial charge in [-0.25, -0.2) is 4.98 Å². The van der Waals surface area contributed by atoms with Gasteiger partial charge in [-0.3, -0.25) is 4.79 Å². The first-order valence-corrected chi connectivity index (χ1v) is 9.93. The van der Waals surface area contributed by atoms with Gasteiger partial charge in [-0.2, -0.15) is 0 Å². The zero-order valence-electron chi connectivity index (χ0n) is 12.6. The Morgan fingerprint density at radius 3 is 2.78 bits per heavy atom. The van der Waals surface area contributed by atoms with Crippen molar-refractivity contribution in [2.75, 3.05) is 5.75 Å². The van der Waals surface area contributed by atoms with Crippen molar-refractivity contribution in [1.82, 2.24) is 10.3 Å². The summed E-state index contributed by atoms with van der Waals surface area (Å²) in [6, 6.07) is 14.2. The molecule has 0 saturated heterocycles. The molecule has 0 aliphatic carbocycles. The SMILES string of the molecule is C[C@H](NC(=O)CSc1nc(-c2ccccc2)cs1)c1cccs1. The summed E-state index contributed by atoms with van der Waals surface area (Å²) in [5.41, 5.74) is 2.07.